The molecule has 1 fully saturated rings. The van der Waals surface area contributed by atoms with Crippen molar-refractivity contribution in [3.05, 3.63) is 29.0 Å². The van der Waals surface area contributed by atoms with Crippen LogP contribution in [0.1, 0.15) is 31.4 Å². The molecule has 0 radical (unpaired) electrons. The summed E-state index contributed by atoms with van der Waals surface area (Å²) in [5, 5.41) is 13.9. The molecule has 0 spiro atoms. The number of likely N-dealkylation sites (tertiary alicyclic amines) is 1. The summed E-state index contributed by atoms with van der Waals surface area (Å²) < 4.78 is 0. The molecule has 19 heavy (non-hydrogen) atoms. The molecule has 4 nitrogen and oxygen atoms in total. The summed E-state index contributed by atoms with van der Waals surface area (Å²) in [6.07, 6.45) is 3.90. The Morgan fingerprint density at radius 1 is 1.47 bits per heavy atom. The molecule has 0 aliphatic carbocycles. The van der Waals surface area contributed by atoms with Crippen molar-refractivity contribution in [2.24, 2.45) is 0 Å². The summed E-state index contributed by atoms with van der Waals surface area (Å²) in [7, 11) is 0. The topological polar surface area (TPSA) is 48.4 Å². The van der Waals surface area contributed by atoms with Gasteiger partial charge in [-0.05, 0) is 50.6 Å². The Labute approximate surface area is 119 Å². The van der Waals surface area contributed by atoms with Crippen LogP contribution in [0, 0.1) is 0 Å². The van der Waals surface area contributed by atoms with Crippen molar-refractivity contribution >= 4 is 11.6 Å². The van der Waals surface area contributed by atoms with E-state index in [1.807, 2.05) is 12.1 Å². The van der Waals surface area contributed by atoms with Crippen molar-refractivity contribution in [3.8, 4) is 0 Å². The zero-order valence-corrected chi connectivity index (χ0v) is 12.1. The maximum Gasteiger partial charge on any atom is 0.129 e. The van der Waals surface area contributed by atoms with E-state index in [0.717, 1.165) is 25.2 Å². The molecule has 2 atom stereocenters. The molecule has 0 bridgehead atoms. The predicted molar refractivity (Wildman–Crippen MR) is 77.3 cm³/mol. The predicted octanol–water partition coefficient (Wildman–Crippen LogP) is 1.84. The lowest BCUT2D eigenvalue weighted by atomic mass is 10.1. The van der Waals surface area contributed by atoms with Crippen LogP contribution in [0.15, 0.2) is 18.3 Å². The first-order valence-electron chi connectivity index (χ1n) is 6.90. The molecule has 1 aliphatic heterocycles. The van der Waals surface area contributed by atoms with Gasteiger partial charge in [-0.25, -0.2) is 4.98 Å². The van der Waals surface area contributed by atoms with Crippen LogP contribution in [0.4, 0.5) is 0 Å². The molecule has 5 heteroatoms. The highest BCUT2D eigenvalue weighted by molar-refractivity contribution is 6.29. The van der Waals surface area contributed by atoms with Gasteiger partial charge in [0, 0.05) is 25.3 Å². The lowest BCUT2D eigenvalue weighted by molar-refractivity contribution is 0.121. The van der Waals surface area contributed by atoms with Gasteiger partial charge in [-0.2, -0.15) is 0 Å². The molecule has 1 aliphatic rings. The quantitative estimate of drug-likeness (QED) is 0.782. The number of rotatable bonds is 6. The number of β-amino-alcohol motifs (C(OH)–C–C–N with tert-alkyl or cyclic N) is 1. The Hall–Kier alpha value is -0.680. The number of aliphatic hydroxyl groups excluding tert-OH is 1. The molecule has 0 saturated carbocycles. The normalized spacial score (nSPS) is 19.5. The zero-order valence-electron chi connectivity index (χ0n) is 11.3. The number of aliphatic hydroxyl groups is 1. The van der Waals surface area contributed by atoms with Crippen molar-refractivity contribution in [2.45, 2.75) is 31.9 Å². The summed E-state index contributed by atoms with van der Waals surface area (Å²) in [6, 6.07) is 3.95. The fourth-order valence-corrected chi connectivity index (χ4v) is 2.63. The molecule has 2 rings (SSSR count). The Morgan fingerprint density at radius 3 is 2.89 bits per heavy atom. The van der Waals surface area contributed by atoms with E-state index in [0.29, 0.717) is 11.7 Å². The second-order valence-corrected chi connectivity index (χ2v) is 5.59. The van der Waals surface area contributed by atoms with Gasteiger partial charge in [0.15, 0.2) is 0 Å². The van der Waals surface area contributed by atoms with Gasteiger partial charge in [-0.1, -0.05) is 11.6 Å². The van der Waals surface area contributed by atoms with Gasteiger partial charge in [0.05, 0.1) is 6.10 Å². The smallest absolute Gasteiger partial charge is 0.129 e. The second kappa shape index (κ2) is 7.20. The van der Waals surface area contributed by atoms with Crippen LogP contribution < -0.4 is 5.32 Å². The first-order valence-corrected chi connectivity index (χ1v) is 7.28. The minimum Gasteiger partial charge on any atom is -0.390 e. The van der Waals surface area contributed by atoms with Crippen LogP contribution >= 0.6 is 11.6 Å². The van der Waals surface area contributed by atoms with Gasteiger partial charge < -0.3 is 15.3 Å². The Kier molecular flexibility index (Phi) is 5.58. The van der Waals surface area contributed by atoms with E-state index in [1.54, 1.807) is 6.20 Å². The fourth-order valence-electron chi connectivity index (χ4n) is 2.45. The van der Waals surface area contributed by atoms with E-state index < -0.39 is 0 Å². The summed E-state index contributed by atoms with van der Waals surface area (Å²) in [6.45, 7) is 5.65. The first kappa shape index (κ1) is 14.7. The van der Waals surface area contributed by atoms with E-state index in [1.165, 1.54) is 12.8 Å². The van der Waals surface area contributed by atoms with Gasteiger partial charge >= 0.3 is 0 Å². The number of halogens is 1. The lowest BCUT2D eigenvalue weighted by Gasteiger charge is -2.21. The second-order valence-electron chi connectivity index (χ2n) is 5.20. The Balaban J connectivity index is 1.74. The SMILES string of the molecule is CC(NCC(O)CN1CCCC1)c1ccnc(Cl)c1. The molecule has 1 aromatic heterocycles. The number of nitrogens with zero attached hydrogens (tertiary/aromatic N) is 2. The standard InChI is InChI=1S/C14H22ClN3O/c1-11(12-4-5-16-14(15)8-12)17-9-13(19)10-18-6-2-3-7-18/h4-5,8,11,13,17,19H,2-3,6-7,9-10H2,1H3. The minimum atomic E-state index is -0.321. The molecule has 0 amide bonds. The number of aromatic nitrogens is 1. The van der Waals surface area contributed by atoms with E-state index in [9.17, 15) is 5.11 Å². The van der Waals surface area contributed by atoms with Crippen LogP contribution in [0.3, 0.4) is 0 Å². The number of hydrogen-bond donors (Lipinski definition) is 2. The van der Waals surface area contributed by atoms with Gasteiger partial charge in [-0.3, -0.25) is 0 Å². The molecular formula is C14H22ClN3O. The molecule has 2 N–H and O–H groups in total. The Morgan fingerprint density at radius 2 is 2.21 bits per heavy atom. The minimum absolute atomic E-state index is 0.161. The highest BCUT2D eigenvalue weighted by atomic mass is 35.5. The number of pyridine rings is 1. The van der Waals surface area contributed by atoms with Crippen LogP contribution in [-0.2, 0) is 0 Å². The Bertz CT molecular complexity index is 396. The van der Waals surface area contributed by atoms with E-state index in [2.05, 4.69) is 22.1 Å². The molecule has 1 aromatic rings. The summed E-state index contributed by atoms with van der Waals surface area (Å²) >= 11 is 5.87. The van der Waals surface area contributed by atoms with Crippen molar-refractivity contribution in [1.29, 1.82) is 0 Å². The third kappa shape index (κ3) is 4.73. The average Bonchev–Trinajstić information content (AvgIpc) is 2.88. The van der Waals surface area contributed by atoms with E-state index >= 15 is 0 Å². The van der Waals surface area contributed by atoms with Gasteiger partial charge in [0.2, 0.25) is 0 Å². The van der Waals surface area contributed by atoms with Crippen molar-refractivity contribution in [3.63, 3.8) is 0 Å². The van der Waals surface area contributed by atoms with Crippen LogP contribution in [0.2, 0.25) is 5.15 Å². The van der Waals surface area contributed by atoms with Crippen LogP contribution in [0.25, 0.3) is 0 Å². The molecule has 106 valence electrons. The first-order chi connectivity index (χ1) is 9.15. The van der Waals surface area contributed by atoms with Crippen molar-refractivity contribution < 1.29 is 5.11 Å². The van der Waals surface area contributed by atoms with Gasteiger partial charge in [0.25, 0.3) is 0 Å². The highest BCUT2D eigenvalue weighted by Gasteiger charge is 2.16. The fraction of sp³-hybridized carbons (Fsp3) is 0.643. The maximum absolute atomic E-state index is 10.0. The lowest BCUT2D eigenvalue weighted by Crippen LogP contribution is -2.37. The average molecular weight is 284 g/mol. The maximum atomic E-state index is 10.0. The molecule has 2 heterocycles. The third-order valence-electron chi connectivity index (χ3n) is 3.58. The van der Waals surface area contributed by atoms with E-state index in [-0.39, 0.29) is 12.1 Å². The van der Waals surface area contributed by atoms with Crippen molar-refractivity contribution in [1.82, 2.24) is 15.2 Å². The number of hydrogen-bond acceptors (Lipinski definition) is 4. The molecule has 1 saturated heterocycles. The monoisotopic (exact) mass is 283 g/mol. The van der Waals surface area contributed by atoms with Crippen LogP contribution in [-0.4, -0.2) is 47.3 Å². The third-order valence-corrected chi connectivity index (χ3v) is 3.78. The van der Waals surface area contributed by atoms with Gasteiger partial charge in [0.1, 0.15) is 5.15 Å². The highest BCUT2D eigenvalue weighted by Crippen LogP contribution is 2.15. The summed E-state index contributed by atoms with van der Waals surface area (Å²) in [5.74, 6) is 0. The molecule has 2 unspecified atom stereocenters. The zero-order chi connectivity index (χ0) is 13.7. The molecule has 0 aromatic carbocycles. The molecular weight excluding hydrogens is 262 g/mol. The summed E-state index contributed by atoms with van der Waals surface area (Å²) in [4.78, 5) is 6.29. The number of nitrogens with one attached hydrogen (secondary N) is 1. The summed E-state index contributed by atoms with van der Waals surface area (Å²) in [5.41, 5.74) is 1.09. The van der Waals surface area contributed by atoms with E-state index in [4.69, 9.17) is 11.6 Å². The van der Waals surface area contributed by atoms with Gasteiger partial charge in [-0.15, -0.1) is 0 Å². The van der Waals surface area contributed by atoms with Crippen molar-refractivity contribution in [2.75, 3.05) is 26.2 Å². The largest absolute Gasteiger partial charge is 0.390 e. The van der Waals surface area contributed by atoms with Crippen LogP contribution in [0.5, 0.6) is 0 Å².